The molecular formula is H11AlBBiSiTe. The normalized spacial score (nSPS) is 3.40. The van der Waals surface area contributed by atoms with Gasteiger partial charge in [0.2, 0.25) is 0 Å². The summed E-state index contributed by atoms with van der Waals surface area (Å²) in [7, 11) is 1.39. The molecule has 0 aromatic heterocycles. The SMILES string of the molecule is [AlH3].[BiH3].[SiH3]B[TeH]. The Morgan fingerprint density at radius 1 is 1.60 bits per heavy atom. The van der Waals surface area contributed by atoms with Gasteiger partial charge in [0.15, 0.2) is 17.4 Å². The van der Waals surface area contributed by atoms with Crippen LogP contribution >= 0.6 is 0 Å². The molecule has 0 heterocycles. The Balaban J connectivity index is -0.0000000200. The van der Waals surface area contributed by atoms with Crippen molar-refractivity contribution < 1.29 is 0 Å². The summed E-state index contributed by atoms with van der Waals surface area (Å²) in [4.78, 5) is 0. The molecular weight excluding hydrogens is 402 g/mol. The van der Waals surface area contributed by atoms with E-state index in [9.17, 15) is 0 Å². The molecule has 0 amide bonds. The third-order valence-electron chi connectivity index (χ3n) is 0. The van der Waals surface area contributed by atoms with E-state index in [1.807, 2.05) is 22.1 Å². The zero-order valence-corrected chi connectivity index (χ0v) is 12.9. The Morgan fingerprint density at radius 2 is 1.60 bits per heavy atom. The molecule has 0 aliphatic carbocycles. The number of rotatable bonds is 0. The number of hydrogen-bond donors (Lipinski definition) is 0. The van der Waals surface area contributed by atoms with Crippen LogP contribution in [0.4, 0.5) is 0 Å². The zero-order valence-electron chi connectivity index (χ0n) is 2.86. The number of hydrogen-bond acceptors (Lipinski definition) is 0. The van der Waals surface area contributed by atoms with E-state index >= 15 is 0 Å². The summed E-state index contributed by atoms with van der Waals surface area (Å²) in [6, 6.07) is 0. The van der Waals surface area contributed by atoms with Crippen molar-refractivity contribution in [1.82, 2.24) is 0 Å². The molecule has 0 saturated carbocycles. The molecule has 0 saturated heterocycles. The predicted molar refractivity (Wildman–Crippen MR) is 44.1 cm³/mol. The fourth-order valence-electron chi connectivity index (χ4n) is 0. The van der Waals surface area contributed by atoms with Crippen molar-refractivity contribution in [3.05, 3.63) is 0 Å². The Hall–Kier alpha value is 2.49. The van der Waals surface area contributed by atoms with E-state index in [1.54, 1.807) is 0 Å². The second-order valence-electron chi connectivity index (χ2n) is 0.316. The standard InChI is InChI=1S/Al.BH5SiTe.Bi.6H/c;2-1-3;;;;;;;/h;1,3H,2H3;;;;;;;. The zero-order chi connectivity index (χ0) is 2.71. The van der Waals surface area contributed by atoms with Crippen LogP contribution in [0.25, 0.3) is 0 Å². The van der Waals surface area contributed by atoms with E-state index in [1.165, 1.54) is 14.9 Å². The van der Waals surface area contributed by atoms with Crippen LogP contribution in [0, 0.1) is 0 Å². The van der Waals surface area contributed by atoms with Crippen LogP contribution in [0.2, 0.25) is 0 Å². The monoisotopic (exact) mass is 416 g/mol. The van der Waals surface area contributed by atoms with Crippen LogP contribution in [-0.2, 0) is 0 Å². The van der Waals surface area contributed by atoms with Gasteiger partial charge in [-0.1, -0.05) is 0 Å². The minimum absolute atomic E-state index is 0. The van der Waals surface area contributed by atoms with E-state index in [-0.39, 0.29) is 43.6 Å². The van der Waals surface area contributed by atoms with Crippen LogP contribution in [0.1, 0.15) is 0 Å². The average molecular weight is 414 g/mol. The van der Waals surface area contributed by atoms with E-state index in [0.717, 1.165) is 0 Å². The van der Waals surface area contributed by atoms with Gasteiger partial charge >= 0.3 is 63.2 Å². The molecule has 0 aliphatic heterocycles. The van der Waals surface area contributed by atoms with E-state index in [2.05, 4.69) is 0 Å². The van der Waals surface area contributed by atoms with Crippen LogP contribution in [0.3, 0.4) is 0 Å². The molecule has 5 heteroatoms. The topological polar surface area (TPSA) is 0 Å². The molecule has 0 bridgehead atoms. The molecule has 5 heavy (non-hydrogen) atoms. The van der Waals surface area contributed by atoms with E-state index < -0.39 is 0 Å². The minimum atomic E-state index is 0. The Morgan fingerprint density at radius 3 is 1.60 bits per heavy atom. The summed E-state index contributed by atoms with van der Waals surface area (Å²) in [5.74, 6) is 0. The Labute approximate surface area is 79.4 Å². The van der Waals surface area contributed by atoms with Gasteiger partial charge in [-0.2, -0.15) is 0 Å². The van der Waals surface area contributed by atoms with Crippen molar-refractivity contribution >= 4 is 80.5 Å². The molecule has 0 N–H and O–H groups in total. The predicted octanol–water partition coefficient (Wildman–Crippen LogP) is -4.85. The Bertz CT molecular complexity index is 11.6. The molecule has 0 aromatic carbocycles. The summed E-state index contributed by atoms with van der Waals surface area (Å²) in [6.45, 7) is 0. The molecule has 0 nitrogen and oxygen atoms in total. The van der Waals surface area contributed by atoms with Gasteiger partial charge in [0.1, 0.15) is 0 Å². The Kier molecular flexibility index (Phi) is 50.3. The average Bonchev–Trinajstić information content (AvgIpc) is 0.918. The summed E-state index contributed by atoms with van der Waals surface area (Å²) in [6.07, 6.45) is 0. The molecule has 0 atom stereocenters. The fraction of sp³-hybridized carbons (Fsp3) is 0. The van der Waals surface area contributed by atoms with Gasteiger partial charge < -0.3 is 0 Å². The van der Waals surface area contributed by atoms with Gasteiger partial charge in [-0.3, -0.25) is 0 Å². The second kappa shape index (κ2) is 16.1. The van der Waals surface area contributed by atoms with E-state index in [4.69, 9.17) is 0 Å². The summed E-state index contributed by atoms with van der Waals surface area (Å²) in [5.41, 5.74) is 0. The third kappa shape index (κ3) is 21.1. The summed E-state index contributed by atoms with van der Waals surface area (Å²) >= 11 is 1.91. The first-order chi connectivity index (χ1) is 1.41. The van der Waals surface area contributed by atoms with Crippen molar-refractivity contribution in [2.24, 2.45) is 0 Å². The van der Waals surface area contributed by atoms with Gasteiger partial charge in [0.25, 0.3) is 0 Å². The van der Waals surface area contributed by atoms with Crippen LogP contribution in [0.15, 0.2) is 0 Å². The quantitative estimate of drug-likeness (QED) is 0.350. The van der Waals surface area contributed by atoms with Gasteiger partial charge in [-0.05, 0) is 0 Å². The maximum atomic E-state index is 1.91. The van der Waals surface area contributed by atoms with Gasteiger partial charge in [-0.25, -0.2) is 0 Å². The first kappa shape index (κ1) is 15.6. The molecule has 0 aliphatic rings. The summed E-state index contributed by atoms with van der Waals surface area (Å²) < 4.78 is 1.44. The fourth-order valence-corrected chi connectivity index (χ4v) is 0. The van der Waals surface area contributed by atoms with Crippen molar-refractivity contribution in [1.29, 1.82) is 0 Å². The second-order valence-corrected chi connectivity index (χ2v) is 6.36. The maximum absolute atomic E-state index is 1.91. The molecule has 0 rings (SSSR count). The van der Waals surface area contributed by atoms with Crippen molar-refractivity contribution in [2.75, 3.05) is 0 Å². The molecule has 0 aromatic rings. The van der Waals surface area contributed by atoms with Crippen LogP contribution in [-0.4, -0.2) is 80.5 Å². The van der Waals surface area contributed by atoms with Gasteiger partial charge in [0, 0.05) is 0 Å². The molecule has 0 spiro atoms. The molecule has 0 unspecified atom stereocenters. The van der Waals surface area contributed by atoms with Crippen LogP contribution in [0.5, 0.6) is 0 Å². The van der Waals surface area contributed by atoms with Crippen molar-refractivity contribution in [2.45, 2.75) is 0 Å². The van der Waals surface area contributed by atoms with E-state index in [0.29, 0.717) is 0 Å². The summed E-state index contributed by atoms with van der Waals surface area (Å²) in [5, 5.41) is 0. The molecule has 0 fully saturated rings. The van der Waals surface area contributed by atoms with Gasteiger partial charge in [0.05, 0.1) is 0 Å². The first-order valence-electron chi connectivity index (χ1n) is 1.02. The van der Waals surface area contributed by atoms with Crippen LogP contribution < -0.4 is 0 Å². The molecule has 0 radical (unpaired) electrons. The first-order valence-corrected chi connectivity index (χ1v) is 4.24. The van der Waals surface area contributed by atoms with Crippen molar-refractivity contribution in [3.63, 3.8) is 0 Å². The third-order valence-corrected chi connectivity index (χ3v) is 0. The van der Waals surface area contributed by atoms with Gasteiger partial charge in [-0.15, -0.1) is 0 Å². The van der Waals surface area contributed by atoms with Crippen molar-refractivity contribution in [3.8, 4) is 0 Å². The molecule has 32 valence electrons.